The van der Waals surface area contributed by atoms with Gasteiger partial charge in [-0.25, -0.2) is 9.07 Å². The molecule has 0 bridgehead atoms. The van der Waals surface area contributed by atoms with Gasteiger partial charge in [-0.15, -0.1) is 5.10 Å². The zero-order valence-electron chi connectivity index (χ0n) is 20.0. The Bertz CT molecular complexity index is 1960. The number of halogens is 1. The van der Waals surface area contributed by atoms with Gasteiger partial charge in [0.1, 0.15) is 11.5 Å². The average molecular weight is 537 g/mol. The summed E-state index contributed by atoms with van der Waals surface area (Å²) in [5.74, 6) is 0.0382. The molecule has 0 atom stereocenters. The summed E-state index contributed by atoms with van der Waals surface area (Å²) in [6, 6.07) is 21.6. The average Bonchev–Trinajstić information content (AvgIpc) is 3.64. The summed E-state index contributed by atoms with van der Waals surface area (Å²) in [4.78, 5) is 28.7. The van der Waals surface area contributed by atoms with Gasteiger partial charge in [-0.2, -0.15) is 14.6 Å². The molecule has 39 heavy (non-hydrogen) atoms. The minimum Gasteiger partial charge on any atom is -0.266 e. The van der Waals surface area contributed by atoms with Crippen molar-refractivity contribution in [1.82, 2.24) is 24.4 Å². The molecular weight excluding hydrogens is 519 g/mol. The standard InChI is InChI=1S/C28H17FN6O3S/c29-21-11-6-18(7-12-21)8-15-25-30-28-34(31-25)27(36)24(39-28)16-20-17-33(22-4-2-1-3-5-22)32-26(20)19-9-13-23(14-10-19)35(37)38/h1-17H/b15-8+,24-16-. The Hall–Kier alpha value is -5.29. The van der Waals surface area contributed by atoms with Gasteiger partial charge in [-0.05, 0) is 54.1 Å². The van der Waals surface area contributed by atoms with Crippen molar-refractivity contribution in [3.63, 3.8) is 0 Å². The van der Waals surface area contributed by atoms with E-state index >= 15 is 0 Å². The minimum absolute atomic E-state index is 0.0246. The molecule has 0 fully saturated rings. The Labute approximate surface area is 223 Å². The lowest BCUT2D eigenvalue weighted by Crippen LogP contribution is -2.23. The highest BCUT2D eigenvalue weighted by molar-refractivity contribution is 7.15. The molecule has 9 nitrogen and oxygen atoms in total. The number of nitro benzene ring substituents is 1. The number of non-ortho nitro benzene ring substituents is 1. The van der Waals surface area contributed by atoms with Crippen molar-refractivity contribution in [2.24, 2.45) is 0 Å². The van der Waals surface area contributed by atoms with Crippen LogP contribution in [0.25, 0.3) is 40.1 Å². The van der Waals surface area contributed by atoms with E-state index in [9.17, 15) is 19.3 Å². The number of fused-ring (bicyclic) bond motifs is 1. The lowest BCUT2D eigenvalue weighted by Gasteiger charge is -2.00. The molecule has 3 heterocycles. The smallest absolute Gasteiger partial charge is 0.266 e. The molecule has 0 saturated carbocycles. The third-order valence-corrected chi connectivity index (χ3v) is 6.85. The highest BCUT2D eigenvalue weighted by atomic mass is 32.1. The van der Waals surface area contributed by atoms with Crippen LogP contribution in [0.3, 0.4) is 0 Å². The lowest BCUT2D eigenvalue weighted by atomic mass is 10.1. The largest absolute Gasteiger partial charge is 0.291 e. The highest BCUT2D eigenvalue weighted by Gasteiger charge is 2.15. The van der Waals surface area contributed by atoms with Crippen LogP contribution in [-0.4, -0.2) is 29.3 Å². The topological polar surface area (TPSA) is 108 Å². The van der Waals surface area contributed by atoms with Gasteiger partial charge in [0.05, 0.1) is 15.1 Å². The number of nitrogens with zero attached hydrogens (tertiary/aromatic N) is 6. The van der Waals surface area contributed by atoms with E-state index < -0.39 is 4.92 Å². The molecule has 0 amide bonds. The van der Waals surface area contributed by atoms with Crippen molar-refractivity contribution in [1.29, 1.82) is 0 Å². The maximum absolute atomic E-state index is 13.2. The van der Waals surface area contributed by atoms with Crippen molar-refractivity contribution in [3.05, 3.63) is 133 Å². The van der Waals surface area contributed by atoms with E-state index in [1.807, 2.05) is 30.3 Å². The van der Waals surface area contributed by atoms with E-state index in [0.29, 0.717) is 32.1 Å². The van der Waals surface area contributed by atoms with Crippen LogP contribution in [0.2, 0.25) is 0 Å². The molecule has 0 unspecified atom stereocenters. The Morgan fingerprint density at radius 2 is 1.67 bits per heavy atom. The molecule has 190 valence electrons. The number of nitro groups is 1. The first kappa shape index (κ1) is 24.1. The summed E-state index contributed by atoms with van der Waals surface area (Å²) in [5.41, 5.74) is 3.14. The normalized spacial score (nSPS) is 12.1. The summed E-state index contributed by atoms with van der Waals surface area (Å²) in [5, 5.41) is 20.1. The number of benzene rings is 3. The number of rotatable bonds is 6. The minimum atomic E-state index is -0.458. The van der Waals surface area contributed by atoms with Crippen molar-refractivity contribution >= 4 is 40.2 Å². The predicted octanol–water partition coefficient (Wildman–Crippen LogP) is 4.77. The zero-order chi connectivity index (χ0) is 26.9. The second kappa shape index (κ2) is 9.88. The number of aromatic nitrogens is 5. The third kappa shape index (κ3) is 4.86. The molecule has 0 radical (unpaired) electrons. The van der Waals surface area contributed by atoms with Crippen LogP contribution in [0.4, 0.5) is 10.1 Å². The van der Waals surface area contributed by atoms with E-state index in [-0.39, 0.29) is 17.1 Å². The fourth-order valence-electron chi connectivity index (χ4n) is 3.98. The molecule has 0 saturated heterocycles. The van der Waals surface area contributed by atoms with Gasteiger partial charge < -0.3 is 0 Å². The summed E-state index contributed by atoms with van der Waals surface area (Å²) in [6.07, 6.45) is 6.93. The summed E-state index contributed by atoms with van der Waals surface area (Å²) in [7, 11) is 0. The monoisotopic (exact) mass is 536 g/mol. The van der Waals surface area contributed by atoms with Crippen molar-refractivity contribution in [2.75, 3.05) is 0 Å². The van der Waals surface area contributed by atoms with Crippen molar-refractivity contribution in [2.45, 2.75) is 0 Å². The van der Waals surface area contributed by atoms with Gasteiger partial charge in [0, 0.05) is 29.5 Å². The van der Waals surface area contributed by atoms with Gasteiger partial charge in [0.15, 0.2) is 5.82 Å². The van der Waals surface area contributed by atoms with Crippen LogP contribution >= 0.6 is 11.3 Å². The molecule has 0 aliphatic carbocycles. The molecule has 0 N–H and O–H groups in total. The van der Waals surface area contributed by atoms with Gasteiger partial charge in [-0.1, -0.05) is 47.7 Å². The summed E-state index contributed by atoms with van der Waals surface area (Å²) in [6.45, 7) is 0. The first-order valence-corrected chi connectivity index (χ1v) is 12.5. The highest BCUT2D eigenvalue weighted by Crippen LogP contribution is 2.26. The SMILES string of the molecule is O=c1/c(=C/c2cn(-c3ccccc3)nc2-c2ccc([N+](=O)[O-])cc2)sc2nc(/C=C/c3ccc(F)cc3)nn12. The third-order valence-electron chi connectivity index (χ3n) is 5.89. The molecule has 6 aromatic rings. The molecule has 0 aliphatic rings. The second-order valence-corrected chi connectivity index (χ2v) is 9.49. The van der Waals surface area contributed by atoms with Crippen LogP contribution in [0.5, 0.6) is 0 Å². The van der Waals surface area contributed by atoms with E-state index in [0.717, 1.165) is 11.3 Å². The van der Waals surface area contributed by atoms with Crippen molar-refractivity contribution in [3.8, 4) is 16.9 Å². The van der Waals surface area contributed by atoms with Crippen molar-refractivity contribution < 1.29 is 9.31 Å². The van der Waals surface area contributed by atoms with Gasteiger partial charge in [0.25, 0.3) is 11.2 Å². The fraction of sp³-hybridized carbons (Fsp3) is 0. The van der Waals surface area contributed by atoms with Gasteiger partial charge >= 0.3 is 0 Å². The molecule has 11 heteroatoms. The lowest BCUT2D eigenvalue weighted by molar-refractivity contribution is -0.384. The first-order valence-electron chi connectivity index (χ1n) is 11.7. The Morgan fingerprint density at radius 3 is 2.36 bits per heavy atom. The molecule has 6 rings (SSSR count). The van der Waals surface area contributed by atoms with E-state index in [2.05, 4.69) is 10.1 Å². The van der Waals surface area contributed by atoms with Crippen LogP contribution in [0.15, 0.2) is 89.9 Å². The summed E-state index contributed by atoms with van der Waals surface area (Å²) < 4.78 is 16.5. The van der Waals surface area contributed by atoms with Crippen LogP contribution in [-0.2, 0) is 0 Å². The maximum Gasteiger partial charge on any atom is 0.291 e. The number of thiazole rings is 1. The van der Waals surface area contributed by atoms with E-state index in [4.69, 9.17) is 5.10 Å². The van der Waals surface area contributed by atoms with Gasteiger partial charge in [-0.3, -0.25) is 14.9 Å². The Kier molecular flexibility index (Phi) is 6.10. The fourth-order valence-corrected chi connectivity index (χ4v) is 4.88. The zero-order valence-corrected chi connectivity index (χ0v) is 20.8. The second-order valence-electron chi connectivity index (χ2n) is 8.48. The molecular formula is C28H17FN6O3S. The predicted molar refractivity (Wildman–Crippen MR) is 147 cm³/mol. The van der Waals surface area contributed by atoms with Crippen LogP contribution in [0.1, 0.15) is 17.0 Å². The Morgan fingerprint density at radius 1 is 0.923 bits per heavy atom. The maximum atomic E-state index is 13.2. The summed E-state index contributed by atoms with van der Waals surface area (Å²) >= 11 is 1.19. The molecule has 3 aromatic carbocycles. The van der Waals surface area contributed by atoms with Crippen LogP contribution in [0, 0.1) is 15.9 Å². The quantitative estimate of drug-likeness (QED) is 0.224. The Balaban J connectivity index is 1.40. The first-order chi connectivity index (χ1) is 18.9. The van der Waals surface area contributed by atoms with Crippen LogP contribution < -0.4 is 10.1 Å². The van der Waals surface area contributed by atoms with E-state index in [1.54, 1.807) is 53.4 Å². The molecule has 0 aliphatic heterocycles. The van der Waals surface area contributed by atoms with E-state index in [1.165, 1.54) is 40.1 Å². The molecule has 0 spiro atoms. The molecule has 3 aromatic heterocycles. The number of hydrogen-bond donors (Lipinski definition) is 0. The van der Waals surface area contributed by atoms with Gasteiger partial charge in [0.2, 0.25) is 4.96 Å². The number of para-hydroxylation sites is 1. The number of hydrogen-bond acceptors (Lipinski definition) is 7.